The maximum Gasteiger partial charge on any atom is 0.344 e. The van der Waals surface area contributed by atoms with Crippen molar-refractivity contribution in [1.29, 1.82) is 0 Å². The number of hydrogen-bond donors (Lipinski definition) is 0. The topological polar surface area (TPSA) is 44.8 Å². The van der Waals surface area contributed by atoms with Crippen molar-refractivity contribution in [2.24, 2.45) is 0 Å². The van der Waals surface area contributed by atoms with Crippen LogP contribution in [0.2, 0.25) is 0 Å². The Hall–Kier alpha value is -1.97. The van der Waals surface area contributed by atoms with Gasteiger partial charge >= 0.3 is 5.97 Å². The minimum atomic E-state index is -0.394. The van der Waals surface area contributed by atoms with Gasteiger partial charge in [-0.25, -0.2) is 4.79 Å². The standard InChI is InChI=1S/C15H20O4/c1-5-6-12-7-8-13(14(9-12)17-4)18-10-15(16)19-11(2)3/h5-9,11H,10H2,1-4H3. The Balaban J connectivity index is 2.70. The van der Waals surface area contributed by atoms with E-state index < -0.39 is 5.97 Å². The summed E-state index contributed by atoms with van der Waals surface area (Å²) in [5.74, 6) is 0.721. The van der Waals surface area contributed by atoms with E-state index in [9.17, 15) is 4.79 Å². The Labute approximate surface area is 114 Å². The van der Waals surface area contributed by atoms with E-state index in [-0.39, 0.29) is 12.7 Å². The molecule has 0 bridgehead atoms. The Morgan fingerprint density at radius 2 is 2.05 bits per heavy atom. The van der Waals surface area contributed by atoms with Crippen LogP contribution in [0.1, 0.15) is 26.3 Å². The predicted octanol–water partition coefficient (Wildman–Crippen LogP) is 3.06. The van der Waals surface area contributed by atoms with Crippen molar-refractivity contribution in [2.45, 2.75) is 26.9 Å². The van der Waals surface area contributed by atoms with Gasteiger partial charge in [-0.15, -0.1) is 0 Å². The Bertz CT molecular complexity index is 449. The number of hydrogen-bond acceptors (Lipinski definition) is 4. The summed E-state index contributed by atoms with van der Waals surface area (Å²) in [6.07, 6.45) is 3.75. The van der Waals surface area contributed by atoms with Gasteiger partial charge in [0.2, 0.25) is 0 Å². The number of carbonyl (C=O) groups excluding carboxylic acids is 1. The van der Waals surface area contributed by atoms with Crippen molar-refractivity contribution >= 4 is 12.0 Å². The summed E-state index contributed by atoms with van der Waals surface area (Å²) in [6.45, 7) is 5.41. The molecule has 0 atom stereocenters. The van der Waals surface area contributed by atoms with Gasteiger partial charge in [-0.2, -0.15) is 0 Å². The highest BCUT2D eigenvalue weighted by atomic mass is 16.6. The molecule has 0 radical (unpaired) electrons. The zero-order valence-electron chi connectivity index (χ0n) is 11.8. The molecule has 1 aromatic rings. The van der Waals surface area contributed by atoms with Crippen LogP contribution in [0.25, 0.3) is 6.08 Å². The quantitative estimate of drug-likeness (QED) is 0.741. The van der Waals surface area contributed by atoms with E-state index >= 15 is 0 Å². The van der Waals surface area contributed by atoms with Crippen LogP contribution in [0.5, 0.6) is 11.5 Å². The molecule has 0 fully saturated rings. The van der Waals surface area contributed by atoms with E-state index in [1.54, 1.807) is 27.0 Å². The Morgan fingerprint density at radius 1 is 1.32 bits per heavy atom. The highest BCUT2D eigenvalue weighted by Gasteiger charge is 2.10. The van der Waals surface area contributed by atoms with Crippen LogP contribution in [0.3, 0.4) is 0 Å². The van der Waals surface area contributed by atoms with Gasteiger partial charge < -0.3 is 14.2 Å². The molecule has 0 heterocycles. The van der Waals surface area contributed by atoms with Crippen molar-refractivity contribution in [3.8, 4) is 11.5 Å². The van der Waals surface area contributed by atoms with Gasteiger partial charge in [0.15, 0.2) is 18.1 Å². The lowest BCUT2D eigenvalue weighted by atomic mass is 10.2. The molecule has 4 heteroatoms. The smallest absolute Gasteiger partial charge is 0.344 e. The lowest BCUT2D eigenvalue weighted by Crippen LogP contribution is -2.18. The zero-order valence-corrected chi connectivity index (χ0v) is 11.8. The maximum absolute atomic E-state index is 11.4. The van der Waals surface area contributed by atoms with E-state index in [4.69, 9.17) is 14.2 Å². The van der Waals surface area contributed by atoms with E-state index in [1.807, 2.05) is 31.2 Å². The van der Waals surface area contributed by atoms with E-state index in [0.29, 0.717) is 11.5 Å². The first-order valence-electron chi connectivity index (χ1n) is 6.19. The fourth-order valence-electron chi connectivity index (χ4n) is 1.53. The summed E-state index contributed by atoms with van der Waals surface area (Å²) in [5, 5.41) is 0. The van der Waals surface area contributed by atoms with Gasteiger partial charge in [0.25, 0.3) is 0 Å². The highest BCUT2D eigenvalue weighted by Crippen LogP contribution is 2.28. The minimum absolute atomic E-state index is 0.127. The summed E-state index contributed by atoms with van der Waals surface area (Å²) < 4.78 is 15.6. The highest BCUT2D eigenvalue weighted by molar-refractivity contribution is 5.71. The summed E-state index contributed by atoms with van der Waals surface area (Å²) in [4.78, 5) is 11.4. The van der Waals surface area contributed by atoms with Crippen LogP contribution in [0.15, 0.2) is 24.3 Å². The summed E-state index contributed by atoms with van der Waals surface area (Å²) in [5.41, 5.74) is 1.01. The Morgan fingerprint density at radius 3 is 2.63 bits per heavy atom. The molecule has 0 saturated heterocycles. The number of ether oxygens (including phenoxy) is 3. The van der Waals surface area contributed by atoms with Gasteiger partial charge in [0, 0.05) is 0 Å². The molecule has 104 valence electrons. The van der Waals surface area contributed by atoms with Crippen LogP contribution in [0.4, 0.5) is 0 Å². The second-order valence-electron chi connectivity index (χ2n) is 4.24. The van der Waals surface area contributed by atoms with Gasteiger partial charge in [-0.05, 0) is 38.5 Å². The van der Waals surface area contributed by atoms with Crippen molar-refractivity contribution < 1.29 is 19.0 Å². The van der Waals surface area contributed by atoms with Crippen molar-refractivity contribution in [3.63, 3.8) is 0 Å². The van der Waals surface area contributed by atoms with Crippen LogP contribution in [0, 0.1) is 0 Å². The summed E-state index contributed by atoms with van der Waals surface area (Å²) in [6, 6.07) is 5.52. The molecule has 4 nitrogen and oxygen atoms in total. The lowest BCUT2D eigenvalue weighted by molar-refractivity contribution is -0.149. The molecule has 1 aromatic carbocycles. The minimum Gasteiger partial charge on any atom is -0.493 e. The molecule has 0 aromatic heterocycles. The Kier molecular flexibility index (Phi) is 5.93. The van der Waals surface area contributed by atoms with E-state index in [1.165, 1.54) is 0 Å². The van der Waals surface area contributed by atoms with Gasteiger partial charge in [0.1, 0.15) is 0 Å². The first-order chi connectivity index (χ1) is 9.06. The number of carbonyl (C=O) groups is 1. The molecule has 0 saturated carbocycles. The normalized spacial score (nSPS) is 10.8. The molecule has 0 N–H and O–H groups in total. The molecule has 0 amide bonds. The van der Waals surface area contributed by atoms with Gasteiger partial charge in [-0.3, -0.25) is 0 Å². The largest absolute Gasteiger partial charge is 0.493 e. The average Bonchev–Trinajstić information content (AvgIpc) is 2.36. The number of benzene rings is 1. The molecule has 0 aliphatic heterocycles. The van der Waals surface area contributed by atoms with E-state index in [0.717, 1.165) is 5.56 Å². The molecule has 19 heavy (non-hydrogen) atoms. The zero-order chi connectivity index (χ0) is 14.3. The van der Waals surface area contributed by atoms with Gasteiger partial charge in [0.05, 0.1) is 13.2 Å². The fraction of sp³-hybridized carbons (Fsp3) is 0.400. The number of allylic oxidation sites excluding steroid dienone is 1. The third-order valence-electron chi connectivity index (χ3n) is 2.26. The molecule has 1 rings (SSSR count). The molecule has 0 aliphatic rings. The second-order valence-corrected chi connectivity index (χ2v) is 4.24. The fourth-order valence-corrected chi connectivity index (χ4v) is 1.53. The second kappa shape index (κ2) is 7.46. The molecule has 0 aliphatic carbocycles. The van der Waals surface area contributed by atoms with E-state index in [2.05, 4.69) is 0 Å². The van der Waals surface area contributed by atoms with Crippen molar-refractivity contribution in [2.75, 3.05) is 13.7 Å². The average molecular weight is 264 g/mol. The molecular formula is C15H20O4. The van der Waals surface area contributed by atoms with Crippen LogP contribution in [-0.2, 0) is 9.53 Å². The van der Waals surface area contributed by atoms with Crippen LogP contribution >= 0.6 is 0 Å². The van der Waals surface area contributed by atoms with Crippen LogP contribution in [-0.4, -0.2) is 25.8 Å². The van der Waals surface area contributed by atoms with Gasteiger partial charge in [-0.1, -0.05) is 18.2 Å². The summed E-state index contributed by atoms with van der Waals surface area (Å²) in [7, 11) is 1.56. The lowest BCUT2D eigenvalue weighted by Gasteiger charge is -2.12. The van der Waals surface area contributed by atoms with Crippen LogP contribution < -0.4 is 9.47 Å². The third kappa shape index (κ3) is 5.04. The first kappa shape index (κ1) is 15.1. The summed E-state index contributed by atoms with van der Waals surface area (Å²) >= 11 is 0. The number of esters is 1. The third-order valence-corrected chi connectivity index (χ3v) is 2.26. The molecular weight excluding hydrogens is 244 g/mol. The maximum atomic E-state index is 11.4. The predicted molar refractivity (Wildman–Crippen MR) is 74.4 cm³/mol. The SMILES string of the molecule is CC=Cc1ccc(OCC(=O)OC(C)C)c(OC)c1. The number of rotatable bonds is 6. The van der Waals surface area contributed by atoms with Crippen molar-refractivity contribution in [1.82, 2.24) is 0 Å². The molecule has 0 spiro atoms. The number of methoxy groups -OCH3 is 1. The monoisotopic (exact) mass is 264 g/mol. The first-order valence-corrected chi connectivity index (χ1v) is 6.19. The van der Waals surface area contributed by atoms with Crippen molar-refractivity contribution in [3.05, 3.63) is 29.8 Å². The molecule has 0 unspecified atom stereocenters.